The van der Waals surface area contributed by atoms with E-state index in [1.807, 2.05) is 0 Å². The van der Waals surface area contributed by atoms with Crippen LogP contribution in [0.15, 0.2) is 0 Å². The first-order valence-electron chi connectivity index (χ1n) is 2.83. The Hall–Kier alpha value is 0.160. The molecule has 0 aromatic heterocycles. The zero-order valence-electron chi connectivity index (χ0n) is 5.41. The predicted octanol–water partition coefficient (Wildman–Crippen LogP) is -0.941. The van der Waals surface area contributed by atoms with Crippen molar-refractivity contribution < 1.29 is 8.42 Å². The van der Waals surface area contributed by atoms with Crippen LogP contribution in [0.4, 0.5) is 0 Å². The molecule has 0 bridgehead atoms. The van der Waals surface area contributed by atoms with Gasteiger partial charge in [0.25, 0.3) is 0 Å². The normalized spacial score (nSPS) is 25.9. The highest BCUT2D eigenvalue weighted by Crippen LogP contribution is 2.04. The summed E-state index contributed by atoms with van der Waals surface area (Å²) in [6.45, 7) is 1.28. The van der Waals surface area contributed by atoms with Gasteiger partial charge in [-0.2, -0.15) is 0 Å². The Kier molecular flexibility index (Phi) is 3.58. The second kappa shape index (κ2) is 3.52. The lowest BCUT2D eigenvalue weighted by Gasteiger charge is -2.01. The average molecular weight is 187 g/mol. The van der Waals surface area contributed by atoms with Crippen LogP contribution in [0.5, 0.6) is 0 Å². The number of rotatable bonds is 1. The number of sulfonamides is 1. The van der Waals surface area contributed by atoms with E-state index in [9.17, 15) is 8.42 Å². The first-order valence-corrected chi connectivity index (χ1v) is 4.44. The molecule has 0 aromatic carbocycles. The lowest BCUT2D eigenvalue weighted by molar-refractivity contribution is 0.584. The zero-order chi connectivity index (χ0) is 6.91. The van der Waals surface area contributed by atoms with E-state index < -0.39 is 10.0 Å². The van der Waals surface area contributed by atoms with Crippen LogP contribution in [0.1, 0.15) is 6.42 Å². The summed E-state index contributed by atoms with van der Waals surface area (Å²) in [4.78, 5) is 0. The van der Waals surface area contributed by atoms with Gasteiger partial charge in [-0.05, 0) is 13.0 Å². The van der Waals surface area contributed by atoms with Crippen LogP contribution in [0.2, 0.25) is 0 Å². The average Bonchev–Trinajstić information content (AvgIpc) is 2.08. The molecule has 1 saturated heterocycles. The first kappa shape index (κ1) is 10.2. The van der Waals surface area contributed by atoms with Gasteiger partial charge < -0.3 is 5.32 Å². The molecule has 0 saturated carbocycles. The molecule has 62 valence electrons. The maximum absolute atomic E-state index is 10.6. The summed E-state index contributed by atoms with van der Waals surface area (Å²) in [7, 11) is -3.27. The summed E-state index contributed by atoms with van der Waals surface area (Å²) >= 11 is 0. The molecule has 0 aromatic rings. The minimum Gasteiger partial charge on any atom is -0.315 e. The van der Waals surface area contributed by atoms with E-state index in [4.69, 9.17) is 5.14 Å². The van der Waals surface area contributed by atoms with E-state index in [1.54, 1.807) is 0 Å². The number of nitrogens with two attached hydrogens (primary N) is 1. The van der Waals surface area contributed by atoms with Gasteiger partial charge in [0.1, 0.15) is 0 Å². The largest absolute Gasteiger partial charge is 0.315 e. The highest BCUT2D eigenvalue weighted by atomic mass is 35.5. The van der Waals surface area contributed by atoms with Crippen molar-refractivity contribution in [3.8, 4) is 0 Å². The molecule has 1 rings (SSSR count). The maximum Gasteiger partial charge on any atom is 0.213 e. The maximum atomic E-state index is 10.6. The summed E-state index contributed by atoms with van der Waals surface area (Å²) < 4.78 is 21.1. The lowest BCUT2D eigenvalue weighted by atomic mass is 10.4. The molecule has 4 nitrogen and oxygen atoms in total. The molecule has 1 aliphatic rings. The zero-order valence-corrected chi connectivity index (χ0v) is 7.04. The number of nitrogens with one attached hydrogen (secondary N) is 1. The van der Waals surface area contributed by atoms with Crippen molar-refractivity contribution in [3.05, 3.63) is 0 Å². The van der Waals surface area contributed by atoms with Crippen LogP contribution in [0.25, 0.3) is 0 Å². The topological polar surface area (TPSA) is 72.2 Å². The van der Waals surface area contributed by atoms with E-state index in [0.717, 1.165) is 6.54 Å². The molecule has 0 aliphatic carbocycles. The van der Waals surface area contributed by atoms with Crippen molar-refractivity contribution in [3.63, 3.8) is 0 Å². The van der Waals surface area contributed by atoms with E-state index in [0.29, 0.717) is 13.0 Å². The summed E-state index contributed by atoms with van der Waals surface area (Å²) in [5.41, 5.74) is 0. The van der Waals surface area contributed by atoms with Gasteiger partial charge in [0, 0.05) is 6.54 Å². The molecular weight excluding hydrogens is 176 g/mol. The van der Waals surface area contributed by atoms with Crippen molar-refractivity contribution >= 4 is 22.4 Å². The van der Waals surface area contributed by atoms with Gasteiger partial charge >= 0.3 is 0 Å². The molecule has 3 N–H and O–H groups in total. The fourth-order valence-corrected chi connectivity index (χ4v) is 1.71. The molecule has 0 spiro atoms. The van der Waals surface area contributed by atoms with Crippen molar-refractivity contribution in [2.45, 2.75) is 11.7 Å². The fraction of sp³-hybridized carbons (Fsp3) is 1.00. The quantitative estimate of drug-likeness (QED) is 0.555. The minimum absolute atomic E-state index is 0. The molecule has 0 radical (unpaired) electrons. The summed E-state index contributed by atoms with van der Waals surface area (Å²) in [5.74, 6) is 0. The molecule has 1 heterocycles. The van der Waals surface area contributed by atoms with Gasteiger partial charge in [0.05, 0.1) is 5.25 Å². The highest BCUT2D eigenvalue weighted by Gasteiger charge is 2.24. The Balaban J connectivity index is 0.000000810. The molecule has 10 heavy (non-hydrogen) atoms. The summed E-state index contributed by atoms with van der Waals surface area (Å²) in [5, 5.41) is 7.44. The third-order valence-corrected chi connectivity index (χ3v) is 2.81. The summed E-state index contributed by atoms with van der Waals surface area (Å²) in [6, 6.07) is 0. The third-order valence-electron chi connectivity index (χ3n) is 1.48. The summed E-state index contributed by atoms with van der Waals surface area (Å²) in [6.07, 6.45) is 0.652. The standard InChI is InChI=1S/C4H10N2O2S.ClH/c5-9(7,8)4-1-2-6-3-4;/h4,6H,1-3H2,(H2,5,7,8);1H/t4-;/m1./s1. The SMILES string of the molecule is Cl.NS(=O)(=O)[C@@H]1CCNC1. The van der Waals surface area contributed by atoms with Crippen molar-refractivity contribution in [1.82, 2.24) is 5.32 Å². The first-order chi connectivity index (χ1) is 4.11. The van der Waals surface area contributed by atoms with Gasteiger partial charge in [-0.15, -0.1) is 12.4 Å². The second-order valence-electron chi connectivity index (χ2n) is 2.20. The second-order valence-corrected chi connectivity index (χ2v) is 4.05. The van der Waals surface area contributed by atoms with Crippen molar-refractivity contribution in [2.24, 2.45) is 5.14 Å². The third kappa shape index (κ3) is 2.42. The van der Waals surface area contributed by atoms with Gasteiger partial charge in [-0.1, -0.05) is 0 Å². The minimum atomic E-state index is -3.27. The van der Waals surface area contributed by atoms with Crippen LogP contribution in [-0.2, 0) is 10.0 Å². The van der Waals surface area contributed by atoms with Crippen LogP contribution in [-0.4, -0.2) is 26.8 Å². The number of hydrogen-bond acceptors (Lipinski definition) is 3. The molecule has 0 amide bonds. The highest BCUT2D eigenvalue weighted by molar-refractivity contribution is 7.89. The van der Waals surface area contributed by atoms with E-state index in [1.165, 1.54) is 0 Å². The van der Waals surface area contributed by atoms with Crippen molar-refractivity contribution in [2.75, 3.05) is 13.1 Å². The van der Waals surface area contributed by atoms with Crippen LogP contribution in [0, 0.1) is 0 Å². The Labute approximate surface area is 66.6 Å². The van der Waals surface area contributed by atoms with E-state index in [2.05, 4.69) is 5.32 Å². The molecule has 0 unspecified atom stereocenters. The number of hydrogen-bond donors (Lipinski definition) is 2. The molecule has 1 fully saturated rings. The van der Waals surface area contributed by atoms with E-state index >= 15 is 0 Å². The lowest BCUT2D eigenvalue weighted by Crippen LogP contribution is -2.30. The monoisotopic (exact) mass is 186 g/mol. The molecular formula is C4H11ClN2O2S. The van der Waals surface area contributed by atoms with Crippen molar-refractivity contribution in [1.29, 1.82) is 0 Å². The van der Waals surface area contributed by atoms with Crippen LogP contribution >= 0.6 is 12.4 Å². The van der Waals surface area contributed by atoms with Gasteiger partial charge in [-0.3, -0.25) is 0 Å². The van der Waals surface area contributed by atoms with Gasteiger partial charge in [0.2, 0.25) is 10.0 Å². The molecule has 1 aliphatic heterocycles. The van der Waals surface area contributed by atoms with Crippen LogP contribution < -0.4 is 10.5 Å². The smallest absolute Gasteiger partial charge is 0.213 e. The van der Waals surface area contributed by atoms with Gasteiger partial charge in [0.15, 0.2) is 0 Å². The Morgan fingerprint density at radius 2 is 2.10 bits per heavy atom. The fourth-order valence-electron chi connectivity index (χ4n) is 0.909. The number of primary sulfonamides is 1. The molecule has 6 heteroatoms. The number of halogens is 1. The molecule has 1 atom stereocenters. The Morgan fingerprint density at radius 3 is 2.30 bits per heavy atom. The predicted molar refractivity (Wildman–Crippen MR) is 41.6 cm³/mol. The van der Waals surface area contributed by atoms with E-state index in [-0.39, 0.29) is 17.7 Å². The Morgan fingerprint density at radius 1 is 1.50 bits per heavy atom. The van der Waals surface area contributed by atoms with Gasteiger partial charge in [-0.25, -0.2) is 13.6 Å². The Bertz CT molecular complexity index is 185. The van der Waals surface area contributed by atoms with Crippen LogP contribution in [0.3, 0.4) is 0 Å².